The Kier molecular flexibility index (Phi) is 15.1. The van der Waals surface area contributed by atoms with Gasteiger partial charge in [0.05, 0.1) is 26.8 Å². The minimum Gasteiger partial charge on any atom is -0.509 e. The number of aliphatic hydroxyl groups excluding tert-OH is 1. The highest BCUT2D eigenvalue weighted by Gasteiger charge is 2.24. The lowest BCUT2D eigenvalue weighted by Crippen LogP contribution is -2.45. The van der Waals surface area contributed by atoms with Crippen molar-refractivity contribution >= 4 is 5.91 Å². The molecule has 2 unspecified atom stereocenters. The summed E-state index contributed by atoms with van der Waals surface area (Å²) in [5.41, 5.74) is 4.58. The standard InChI is InChI=1S/C23H34N2O3.C12H17NO/c1-17-8-12-22(13-9-17)16-25(28-7)23(27)21(5)24(6)15-14-19(3)18(2)10-11-20(4)26;1-14-12-4-2-10(3-5-12)11-6-8-13-9-7-11/h8-13,19,21,26H,2,4,14-16H2,1,3,5-7H3;2-5,11,13H,6-9H2,1H3/b11-10-;. The van der Waals surface area contributed by atoms with Crippen LogP contribution in [0.25, 0.3) is 0 Å². The first-order chi connectivity index (χ1) is 20.0. The number of aliphatic hydroxyl groups is 1. The smallest absolute Gasteiger partial charge is 0.263 e. The van der Waals surface area contributed by atoms with E-state index < -0.39 is 0 Å². The van der Waals surface area contributed by atoms with Crippen LogP contribution in [0.15, 0.2) is 85.2 Å². The van der Waals surface area contributed by atoms with Gasteiger partial charge in [-0.25, -0.2) is 5.06 Å². The number of carbonyl (C=O) groups is 1. The SMILES string of the molecule is C=C(O)/C=C\C(=C)C(C)CCN(C)C(C)C(=O)N(Cc1ccc(C)cc1)OC.COc1ccc(C2CCNCC2)cc1. The topological polar surface area (TPSA) is 74.3 Å². The largest absolute Gasteiger partial charge is 0.509 e. The van der Waals surface area contributed by atoms with E-state index in [9.17, 15) is 4.79 Å². The molecule has 7 nitrogen and oxygen atoms in total. The number of hydrogen-bond donors (Lipinski definition) is 2. The fourth-order valence-electron chi connectivity index (χ4n) is 4.66. The molecular formula is C35H51N3O4. The number of aryl methyl sites for hydroxylation is 1. The summed E-state index contributed by atoms with van der Waals surface area (Å²) in [6.07, 6.45) is 6.67. The van der Waals surface area contributed by atoms with Crippen LogP contribution in [0.4, 0.5) is 0 Å². The molecule has 1 aliphatic heterocycles. The van der Waals surface area contributed by atoms with Crippen molar-refractivity contribution in [3.8, 4) is 5.75 Å². The number of piperidine rings is 1. The Bertz CT molecular complexity index is 1140. The molecule has 0 aliphatic carbocycles. The molecule has 230 valence electrons. The van der Waals surface area contributed by atoms with Gasteiger partial charge in [-0.1, -0.05) is 73.7 Å². The number of benzene rings is 2. The first-order valence-corrected chi connectivity index (χ1v) is 14.8. The molecule has 0 bridgehead atoms. The molecule has 2 aromatic rings. The predicted molar refractivity (Wildman–Crippen MR) is 172 cm³/mol. The lowest BCUT2D eigenvalue weighted by Gasteiger charge is -2.29. The molecule has 1 heterocycles. The Morgan fingerprint density at radius 2 is 1.67 bits per heavy atom. The summed E-state index contributed by atoms with van der Waals surface area (Å²) in [6.45, 7) is 16.9. The van der Waals surface area contributed by atoms with Crippen LogP contribution in [-0.2, 0) is 16.2 Å². The third-order valence-electron chi connectivity index (χ3n) is 7.90. The number of nitrogens with zero attached hydrogens (tertiary/aromatic N) is 2. The van der Waals surface area contributed by atoms with Gasteiger partial charge in [0, 0.05) is 0 Å². The summed E-state index contributed by atoms with van der Waals surface area (Å²) in [7, 11) is 5.16. The van der Waals surface area contributed by atoms with Gasteiger partial charge in [0.2, 0.25) is 0 Å². The van der Waals surface area contributed by atoms with E-state index in [2.05, 4.69) is 49.7 Å². The maximum Gasteiger partial charge on any atom is 0.263 e. The summed E-state index contributed by atoms with van der Waals surface area (Å²) in [5, 5.41) is 13.9. The lowest BCUT2D eigenvalue weighted by molar-refractivity contribution is -0.184. The average Bonchev–Trinajstić information content (AvgIpc) is 3.02. The van der Waals surface area contributed by atoms with Crippen molar-refractivity contribution in [2.75, 3.05) is 40.9 Å². The van der Waals surface area contributed by atoms with Crippen LogP contribution in [0.3, 0.4) is 0 Å². The number of methoxy groups -OCH3 is 1. The summed E-state index contributed by atoms with van der Waals surface area (Å²) in [6, 6.07) is 16.2. The number of nitrogens with one attached hydrogen (secondary N) is 1. The van der Waals surface area contributed by atoms with Crippen molar-refractivity contribution < 1.29 is 19.5 Å². The van der Waals surface area contributed by atoms with Gasteiger partial charge in [0.25, 0.3) is 5.91 Å². The number of hydroxylamine groups is 2. The quantitative estimate of drug-likeness (QED) is 0.159. The Morgan fingerprint density at radius 3 is 2.21 bits per heavy atom. The van der Waals surface area contributed by atoms with Gasteiger partial charge in [-0.15, -0.1) is 0 Å². The van der Waals surface area contributed by atoms with Gasteiger partial charge in [-0.05, 0) is 101 Å². The van der Waals surface area contributed by atoms with Gasteiger partial charge in [0.15, 0.2) is 0 Å². The Balaban J connectivity index is 0.000000363. The maximum absolute atomic E-state index is 12.8. The predicted octanol–water partition coefficient (Wildman–Crippen LogP) is 6.58. The summed E-state index contributed by atoms with van der Waals surface area (Å²) < 4.78 is 5.14. The second kappa shape index (κ2) is 18.2. The zero-order chi connectivity index (χ0) is 31.1. The Labute approximate surface area is 253 Å². The van der Waals surface area contributed by atoms with E-state index in [-0.39, 0.29) is 23.6 Å². The molecule has 2 N–H and O–H groups in total. The second-order valence-corrected chi connectivity index (χ2v) is 11.1. The van der Waals surface area contributed by atoms with E-state index in [4.69, 9.17) is 14.7 Å². The maximum atomic E-state index is 12.8. The second-order valence-electron chi connectivity index (χ2n) is 11.1. The first kappa shape index (κ1) is 34.8. The van der Waals surface area contributed by atoms with Crippen molar-refractivity contribution in [3.63, 3.8) is 0 Å². The molecule has 1 fully saturated rings. The molecule has 0 aromatic heterocycles. The number of likely N-dealkylation sites (N-methyl/N-ethyl adjacent to an activating group) is 1. The molecule has 3 rings (SSSR count). The molecule has 7 heteroatoms. The monoisotopic (exact) mass is 577 g/mol. The lowest BCUT2D eigenvalue weighted by atomic mass is 9.90. The number of hydrogen-bond acceptors (Lipinski definition) is 6. The summed E-state index contributed by atoms with van der Waals surface area (Å²) in [5.74, 6) is 1.85. The number of amides is 1. The molecule has 2 atom stereocenters. The molecular weight excluding hydrogens is 526 g/mol. The van der Waals surface area contributed by atoms with Gasteiger partial charge < -0.3 is 15.2 Å². The highest BCUT2D eigenvalue weighted by Crippen LogP contribution is 2.26. The van der Waals surface area contributed by atoms with Crippen LogP contribution in [-0.4, -0.2) is 67.9 Å². The Hall–Kier alpha value is -3.39. The number of allylic oxidation sites excluding steroid dienone is 3. The molecule has 42 heavy (non-hydrogen) atoms. The number of rotatable bonds is 13. The summed E-state index contributed by atoms with van der Waals surface area (Å²) in [4.78, 5) is 20.2. The fourth-order valence-corrected chi connectivity index (χ4v) is 4.66. The number of carbonyl (C=O) groups excluding carboxylic acids is 1. The zero-order valence-electron chi connectivity index (χ0n) is 26.4. The van der Waals surface area contributed by atoms with Crippen molar-refractivity contribution in [1.29, 1.82) is 0 Å². The minimum absolute atomic E-state index is 0.0120. The van der Waals surface area contributed by atoms with E-state index in [0.29, 0.717) is 6.54 Å². The minimum atomic E-state index is -0.307. The van der Waals surface area contributed by atoms with Crippen molar-refractivity contribution in [2.24, 2.45) is 5.92 Å². The molecule has 2 aromatic carbocycles. The van der Waals surface area contributed by atoms with Crippen LogP contribution in [0.1, 0.15) is 55.7 Å². The van der Waals surface area contributed by atoms with Crippen molar-refractivity contribution in [2.45, 2.75) is 58.5 Å². The van der Waals surface area contributed by atoms with Crippen LogP contribution >= 0.6 is 0 Å². The fraction of sp³-hybridized carbons (Fsp3) is 0.457. The molecule has 0 saturated carbocycles. The van der Waals surface area contributed by atoms with E-state index in [1.807, 2.05) is 50.1 Å². The van der Waals surface area contributed by atoms with E-state index in [1.165, 1.54) is 42.2 Å². The van der Waals surface area contributed by atoms with Gasteiger partial charge in [-0.3, -0.25) is 14.5 Å². The molecule has 0 radical (unpaired) electrons. The zero-order valence-corrected chi connectivity index (χ0v) is 26.4. The molecule has 0 spiro atoms. The summed E-state index contributed by atoms with van der Waals surface area (Å²) >= 11 is 0. The van der Waals surface area contributed by atoms with Crippen molar-refractivity contribution in [3.05, 3.63) is 102 Å². The van der Waals surface area contributed by atoms with E-state index in [0.717, 1.165) is 48.9 Å². The van der Waals surface area contributed by atoms with Crippen LogP contribution in [0.5, 0.6) is 5.75 Å². The third-order valence-corrected chi connectivity index (χ3v) is 7.90. The highest BCUT2D eigenvalue weighted by molar-refractivity contribution is 5.80. The molecule has 1 amide bonds. The highest BCUT2D eigenvalue weighted by atomic mass is 16.7. The molecule has 1 saturated heterocycles. The normalized spacial score (nSPS) is 15.0. The van der Waals surface area contributed by atoms with Gasteiger partial charge in [-0.2, -0.15) is 0 Å². The van der Waals surface area contributed by atoms with Crippen LogP contribution < -0.4 is 10.1 Å². The van der Waals surface area contributed by atoms with Gasteiger partial charge >= 0.3 is 0 Å². The average molecular weight is 578 g/mol. The third kappa shape index (κ3) is 11.8. The van der Waals surface area contributed by atoms with Crippen LogP contribution in [0.2, 0.25) is 0 Å². The van der Waals surface area contributed by atoms with Crippen molar-refractivity contribution in [1.82, 2.24) is 15.3 Å². The van der Waals surface area contributed by atoms with Gasteiger partial charge in [0.1, 0.15) is 11.5 Å². The number of ether oxygens (including phenoxy) is 1. The van der Waals surface area contributed by atoms with Crippen LogP contribution in [0, 0.1) is 12.8 Å². The van der Waals surface area contributed by atoms with E-state index in [1.54, 1.807) is 13.2 Å². The Morgan fingerprint density at radius 1 is 1.05 bits per heavy atom. The first-order valence-electron chi connectivity index (χ1n) is 14.8. The van der Waals surface area contributed by atoms with E-state index >= 15 is 0 Å². The molecule has 1 aliphatic rings.